The Hall–Kier alpha value is -0.0400. The molecular weight excluding hydrogens is 124 g/mol. The fraction of sp³-hybridized carbons (Fsp3) is 0.889. The number of ether oxygens (including phenoxy) is 1. The second-order valence-corrected chi connectivity index (χ2v) is 3.58. The van der Waals surface area contributed by atoms with E-state index in [1.54, 1.807) is 0 Å². The van der Waals surface area contributed by atoms with E-state index in [2.05, 4.69) is 6.92 Å². The van der Waals surface area contributed by atoms with E-state index >= 15 is 0 Å². The molecule has 10 heavy (non-hydrogen) atoms. The van der Waals surface area contributed by atoms with Crippen LogP contribution in [0.1, 0.15) is 32.1 Å². The lowest BCUT2D eigenvalue weighted by molar-refractivity contribution is 0.0373. The molecule has 1 radical (unpaired) electrons. The first-order valence-electron chi connectivity index (χ1n) is 4.35. The van der Waals surface area contributed by atoms with E-state index in [1.807, 2.05) is 0 Å². The minimum Gasteiger partial charge on any atom is -0.375 e. The van der Waals surface area contributed by atoms with Crippen LogP contribution in [0.2, 0.25) is 0 Å². The maximum atomic E-state index is 5.65. The van der Waals surface area contributed by atoms with Crippen LogP contribution in [0.5, 0.6) is 0 Å². The Morgan fingerprint density at radius 3 is 2.80 bits per heavy atom. The molecule has 0 aromatic carbocycles. The van der Waals surface area contributed by atoms with Crippen LogP contribution < -0.4 is 0 Å². The minimum absolute atomic E-state index is 0.299. The SMILES string of the molecule is [CH2]C1CC2CCCCC2O1. The highest BCUT2D eigenvalue weighted by atomic mass is 16.5. The Morgan fingerprint density at radius 1 is 1.20 bits per heavy atom. The van der Waals surface area contributed by atoms with Crippen molar-refractivity contribution < 1.29 is 4.74 Å². The molecule has 57 valence electrons. The van der Waals surface area contributed by atoms with E-state index in [9.17, 15) is 0 Å². The summed E-state index contributed by atoms with van der Waals surface area (Å²) in [6.45, 7) is 3.94. The number of rotatable bonds is 0. The molecule has 1 aliphatic heterocycles. The van der Waals surface area contributed by atoms with Crippen molar-refractivity contribution in [1.82, 2.24) is 0 Å². The molecule has 3 unspecified atom stereocenters. The molecule has 0 aromatic rings. The predicted molar refractivity (Wildman–Crippen MR) is 40.6 cm³/mol. The Kier molecular flexibility index (Phi) is 1.69. The zero-order valence-electron chi connectivity index (χ0n) is 6.38. The van der Waals surface area contributed by atoms with Gasteiger partial charge in [-0.2, -0.15) is 0 Å². The van der Waals surface area contributed by atoms with E-state index in [0.29, 0.717) is 12.2 Å². The highest BCUT2D eigenvalue weighted by Crippen LogP contribution is 2.36. The number of hydrogen-bond acceptors (Lipinski definition) is 1. The Balaban J connectivity index is 1.97. The third-order valence-electron chi connectivity index (χ3n) is 2.77. The standard InChI is InChI=1S/C9H15O/c1-7-6-8-4-2-3-5-9(8)10-7/h7-9H,1-6H2. The van der Waals surface area contributed by atoms with Gasteiger partial charge in [-0.3, -0.25) is 0 Å². The van der Waals surface area contributed by atoms with Gasteiger partial charge in [0.15, 0.2) is 0 Å². The van der Waals surface area contributed by atoms with Crippen LogP contribution in [-0.2, 0) is 4.74 Å². The van der Waals surface area contributed by atoms with E-state index in [1.165, 1.54) is 32.1 Å². The maximum absolute atomic E-state index is 5.65. The van der Waals surface area contributed by atoms with Gasteiger partial charge in [-0.25, -0.2) is 0 Å². The van der Waals surface area contributed by atoms with E-state index in [4.69, 9.17) is 4.74 Å². The van der Waals surface area contributed by atoms with Gasteiger partial charge < -0.3 is 4.74 Å². The van der Waals surface area contributed by atoms with Gasteiger partial charge in [-0.1, -0.05) is 12.8 Å². The van der Waals surface area contributed by atoms with Crippen molar-refractivity contribution in [1.29, 1.82) is 0 Å². The molecule has 0 bridgehead atoms. The summed E-state index contributed by atoms with van der Waals surface area (Å²) in [4.78, 5) is 0. The van der Waals surface area contributed by atoms with Gasteiger partial charge >= 0.3 is 0 Å². The Bertz CT molecular complexity index is 108. The van der Waals surface area contributed by atoms with Crippen molar-refractivity contribution in [3.63, 3.8) is 0 Å². The zero-order chi connectivity index (χ0) is 6.97. The van der Waals surface area contributed by atoms with Gasteiger partial charge in [0.25, 0.3) is 0 Å². The van der Waals surface area contributed by atoms with Crippen molar-refractivity contribution >= 4 is 0 Å². The number of fused-ring (bicyclic) bond motifs is 1. The molecule has 2 fully saturated rings. The molecule has 0 N–H and O–H groups in total. The second-order valence-electron chi connectivity index (χ2n) is 3.58. The monoisotopic (exact) mass is 139 g/mol. The highest BCUT2D eigenvalue weighted by molar-refractivity contribution is 4.86. The van der Waals surface area contributed by atoms with Crippen molar-refractivity contribution in [2.45, 2.75) is 44.3 Å². The third kappa shape index (κ3) is 1.07. The number of hydrogen-bond donors (Lipinski definition) is 0. The van der Waals surface area contributed by atoms with Crippen LogP contribution in [-0.4, -0.2) is 12.2 Å². The van der Waals surface area contributed by atoms with Gasteiger partial charge in [0.1, 0.15) is 0 Å². The second kappa shape index (κ2) is 2.54. The summed E-state index contributed by atoms with van der Waals surface area (Å²) in [5, 5.41) is 0. The lowest BCUT2D eigenvalue weighted by Gasteiger charge is -2.23. The molecule has 0 amide bonds. The lowest BCUT2D eigenvalue weighted by Crippen LogP contribution is -2.19. The van der Waals surface area contributed by atoms with Crippen molar-refractivity contribution in [2.24, 2.45) is 5.92 Å². The first-order chi connectivity index (χ1) is 4.86. The van der Waals surface area contributed by atoms with Gasteiger partial charge in [0, 0.05) is 0 Å². The lowest BCUT2D eigenvalue weighted by atomic mass is 9.86. The van der Waals surface area contributed by atoms with Crippen LogP contribution in [0.15, 0.2) is 0 Å². The van der Waals surface area contributed by atoms with Crippen molar-refractivity contribution in [2.75, 3.05) is 0 Å². The zero-order valence-corrected chi connectivity index (χ0v) is 6.38. The van der Waals surface area contributed by atoms with Crippen LogP contribution in [0.3, 0.4) is 0 Å². The average molecular weight is 139 g/mol. The van der Waals surface area contributed by atoms with Crippen LogP contribution in [0.4, 0.5) is 0 Å². The summed E-state index contributed by atoms with van der Waals surface area (Å²) >= 11 is 0. The quantitative estimate of drug-likeness (QED) is 0.499. The topological polar surface area (TPSA) is 9.23 Å². The highest BCUT2D eigenvalue weighted by Gasteiger charge is 2.34. The largest absolute Gasteiger partial charge is 0.375 e. The summed E-state index contributed by atoms with van der Waals surface area (Å²) in [6, 6.07) is 0. The van der Waals surface area contributed by atoms with Crippen LogP contribution in [0.25, 0.3) is 0 Å². The van der Waals surface area contributed by atoms with E-state index in [-0.39, 0.29) is 0 Å². The fourth-order valence-electron chi connectivity index (χ4n) is 2.26. The van der Waals surface area contributed by atoms with Crippen molar-refractivity contribution in [3.05, 3.63) is 6.92 Å². The summed E-state index contributed by atoms with van der Waals surface area (Å²) in [5.74, 6) is 0.858. The smallest absolute Gasteiger partial charge is 0.0608 e. The summed E-state index contributed by atoms with van der Waals surface area (Å²) < 4.78 is 5.65. The average Bonchev–Trinajstić information content (AvgIpc) is 2.27. The molecule has 2 rings (SSSR count). The molecular formula is C9H15O. The van der Waals surface area contributed by atoms with Gasteiger partial charge in [0.2, 0.25) is 0 Å². The van der Waals surface area contributed by atoms with Gasteiger partial charge in [-0.05, 0) is 32.1 Å². The predicted octanol–water partition coefficient (Wildman–Crippen LogP) is 2.17. The molecule has 1 aliphatic carbocycles. The first-order valence-corrected chi connectivity index (χ1v) is 4.35. The molecule has 1 nitrogen and oxygen atoms in total. The molecule has 1 heterocycles. The summed E-state index contributed by atoms with van der Waals surface area (Å²) in [5.41, 5.74) is 0. The molecule has 2 aliphatic rings. The first kappa shape index (κ1) is 6.66. The fourth-order valence-corrected chi connectivity index (χ4v) is 2.26. The van der Waals surface area contributed by atoms with Crippen LogP contribution >= 0.6 is 0 Å². The normalized spacial score (nSPS) is 47.1. The Labute approximate surface area is 62.8 Å². The summed E-state index contributed by atoms with van der Waals surface area (Å²) in [7, 11) is 0. The third-order valence-corrected chi connectivity index (χ3v) is 2.77. The van der Waals surface area contributed by atoms with Crippen molar-refractivity contribution in [3.8, 4) is 0 Å². The molecule has 0 aromatic heterocycles. The molecule has 1 heteroatoms. The summed E-state index contributed by atoms with van der Waals surface area (Å²) in [6.07, 6.45) is 7.55. The van der Waals surface area contributed by atoms with Gasteiger partial charge in [-0.15, -0.1) is 0 Å². The van der Waals surface area contributed by atoms with E-state index in [0.717, 1.165) is 5.92 Å². The van der Waals surface area contributed by atoms with E-state index < -0.39 is 0 Å². The maximum Gasteiger partial charge on any atom is 0.0608 e. The van der Waals surface area contributed by atoms with Crippen LogP contribution in [0, 0.1) is 12.8 Å². The Morgan fingerprint density at radius 2 is 2.00 bits per heavy atom. The van der Waals surface area contributed by atoms with Gasteiger partial charge in [0.05, 0.1) is 12.2 Å². The molecule has 0 spiro atoms. The molecule has 3 atom stereocenters. The molecule has 1 saturated heterocycles. The minimum atomic E-state index is 0.299. The molecule has 1 saturated carbocycles.